The topological polar surface area (TPSA) is 78.9 Å². The Kier molecular flexibility index (Phi) is 2.53. The highest BCUT2D eigenvalue weighted by atomic mass is 16.6. The predicted molar refractivity (Wildman–Crippen MR) is 61.0 cm³/mol. The van der Waals surface area contributed by atoms with Gasteiger partial charge in [-0.2, -0.15) is 0 Å². The van der Waals surface area contributed by atoms with E-state index in [1.165, 1.54) is 13.0 Å². The summed E-state index contributed by atoms with van der Waals surface area (Å²) in [4.78, 5) is 34.8. The van der Waals surface area contributed by atoms with E-state index in [-0.39, 0.29) is 18.4 Å². The molecule has 0 aromatic rings. The van der Waals surface area contributed by atoms with Gasteiger partial charge in [-0.25, -0.2) is 0 Å². The van der Waals surface area contributed by atoms with Crippen molar-refractivity contribution in [2.75, 3.05) is 13.2 Å². The number of cyclic esters (lactones) is 1. The van der Waals surface area contributed by atoms with Crippen LogP contribution in [0.25, 0.3) is 0 Å². The molecule has 0 N–H and O–H groups in total. The lowest BCUT2D eigenvalue weighted by molar-refractivity contribution is -0.167. The number of esters is 2. The molecule has 2 bridgehead atoms. The summed E-state index contributed by atoms with van der Waals surface area (Å²) < 4.78 is 15.8. The Bertz CT molecular complexity index is 495. The fourth-order valence-corrected chi connectivity index (χ4v) is 3.14. The maximum atomic E-state index is 12.1. The van der Waals surface area contributed by atoms with Gasteiger partial charge in [0.25, 0.3) is 0 Å². The molecule has 1 spiro atoms. The van der Waals surface area contributed by atoms with Crippen LogP contribution in [0.15, 0.2) is 12.2 Å². The Morgan fingerprint density at radius 1 is 1.53 bits per heavy atom. The van der Waals surface area contributed by atoms with E-state index in [1.807, 2.05) is 0 Å². The van der Waals surface area contributed by atoms with Crippen LogP contribution in [-0.2, 0) is 28.6 Å². The standard InChI is InChI=1S/C13H14O6/c1-8(14)18-7-13-3-2-9(15)10(19-13)6-12(13)4-5-17-11(12)16/h2-3,10H,4-7H2,1H3/t10?,12-,13?/m1/s1. The zero-order chi connectivity index (χ0) is 13.7. The third-order valence-electron chi connectivity index (χ3n) is 4.17. The van der Waals surface area contributed by atoms with Crippen LogP contribution in [0.5, 0.6) is 0 Å². The molecule has 2 fully saturated rings. The Hall–Kier alpha value is -1.69. The molecule has 3 atom stereocenters. The minimum absolute atomic E-state index is 0.0717. The molecule has 19 heavy (non-hydrogen) atoms. The van der Waals surface area contributed by atoms with Crippen LogP contribution in [0.1, 0.15) is 19.8 Å². The minimum Gasteiger partial charge on any atom is -0.465 e. The van der Waals surface area contributed by atoms with Crippen LogP contribution in [0.4, 0.5) is 0 Å². The number of rotatable bonds is 2. The highest BCUT2D eigenvalue weighted by Crippen LogP contribution is 2.55. The molecule has 0 radical (unpaired) electrons. The number of carbonyl (C=O) groups is 3. The number of carbonyl (C=O) groups excluding carboxylic acids is 3. The number of hydrogen-bond acceptors (Lipinski definition) is 6. The summed E-state index contributed by atoms with van der Waals surface area (Å²) >= 11 is 0. The van der Waals surface area contributed by atoms with Crippen molar-refractivity contribution in [3.8, 4) is 0 Å². The minimum atomic E-state index is -1.06. The first kappa shape index (κ1) is 12.3. The van der Waals surface area contributed by atoms with E-state index >= 15 is 0 Å². The van der Waals surface area contributed by atoms with Crippen molar-refractivity contribution in [2.24, 2.45) is 5.41 Å². The molecule has 2 unspecified atom stereocenters. The van der Waals surface area contributed by atoms with Gasteiger partial charge < -0.3 is 14.2 Å². The molecular formula is C13H14O6. The summed E-state index contributed by atoms with van der Waals surface area (Å²) in [6.07, 6.45) is 3.08. The van der Waals surface area contributed by atoms with Crippen LogP contribution in [0.2, 0.25) is 0 Å². The molecule has 102 valence electrons. The molecule has 2 saturated heterocycles. The molecule has 3 aliphatic heterocycles. The van der Waals surface area contributed by atoms with Gasteiger partial charge in [-0.15, -0.1) is 0 Å². The van der Waals surface area contributed by atoms with E-state index in [9.17, 15) is 14.4 Å². The highest BCUT2D eigenvalue weighted by Gasteiger charge is 2.68. The lowest BCUT2D eigenvalue weighted by Gasteiger charge is -2.36. The summed E-state index contributed by atoms with van der Waals surface area (Å²) in [5.41, 5.74) is -1.97. The predicted octanol–water partition coefficient (Wildman–Crippen LogP) is 0.149. The smallest absolute Gasteiger partial charge is 0.315 e. The van der Waals surface area contributed by atoms with Crippen molar-refractivity contribution in [3.05, 3.63) is 12.2 Å². The second-order valence-corrected chi connectivity index (χ2v) is 5.18. The Labute approximate surface area is 109 Å². The van der Waals surface area contributed by atoms with Gasteiger partial charge >= 0.3 is 11.9 Å². The van der Waals surface area contributed by atoms with E-state index in [4.69, 9.17) is 14.2 Å². The van der Waals surface area contributed by atoms with E-state index < -0.39 is 23.1 Å². The van der Waals surface area contributed by atoms with Crippen LogP contribution in [0, 0.1) is 5.41 Å². The van der Waals surface area contributed by atoms with Crippen molar-refractivity contribution < 1.29 is 28.6 Å². The molecule has 3 heterocycles. The quantitative estimate of drug-likeness (QED) is 0.662. The molecule has 3 aliphatic rings. The van der Waals surface area contributed by atoms with Crippen molar-refractivity contribution in [2.45, 2.75) is 31.5 Å². The molecule has 0 aliphatic carbocycles. The molecule has 0 aromatic carbocycles. The average Bonchev–Trinajstić information content (AvgIpc) is 2.86. The Balaban J connectivity index is 2.00. The average molecular weight is 266 g/mol. The summed E-state index contributed by atoms with van der Waals surface area (Å²) in [6, 6.07) is 0. The third-order valence-corrected chi connectivity index (χ3v) is 4.17. The fraction of sp³-hybridized carbons (Fsp3) is 0.615. The Morgan fingerprint density at radius 3 is 2.95 bits per heavy atom. The summed E-state index contributed by atoms with van der Waals surface area (Å²) in [6.45, 7) is 1.52. The SMILES string of the molecule is CC(=O)OCC12C=CC(=O)C(C[C@@]13CCOC3=O)O2. The second-order valence-electron chi connectivity index (χ2n) is 5.18. The van der Waals surface area contributed by atoms with Gasteiger partial charge in [0.05, 0.1) is 6.61 Å². The van der Waals surface area contributed by atoms with Crippen molar-refractivity contribution in [1.29, 1.82) is 0 Å². The lowest BCUT2D eigenvalue weighted by Crippen LogP contribution is -2.51. The maximum Gasteiger partial charge on any atom is 0.315 e. The van der Waals surface area contributed by atoms with E-state index in [0.717, 1.165) is 0 Å². The van der Waals surface area contributed by atoms with E-state index in [0.29, 0.717) is 19.4 Å². The van der Waals surface area contributed by atoms with Gasteiger partial charge in [0.2, 0.25) is 0 Å². The highest BCUT2D eigenvalue weighted by molar-refractivity contribution is 5.97. The third kappa shape index (κ3) is 1.56. The van der Waals surface area contributed by atoms with Crippen LogP contribution in [0.3, 0.4) is 0 Å². The monoisotopic (exact) mass is 266 g/mol. The summed E-state index contributed by atoms with van der Waals surface area (Å²) in [5, 5.41) is 0. The molecule has 6 heteroatoms. The zero-order valence-electron chi connectivity index (χ0n) is 10.5. The maximum absolute atomic E-state index is 12.1. The van der Waals surface area contributed by atoms with Gasteiger partial charge in [-0.1, -0.05) is 0 Å². The molecular weight excluding hydrogens is 252 g/mol. The second kappa shape index (κ2) is 3.90. The van der Waals surface area contributed by atoms with Gasteiger partial charge in [0.1, 0.15) is 23.7 Å². The molecule has 6 nitrogen and oxygen atoms in total. The van der Waals surface area contributed by atoms with Crippen molar-refractivity contribution in [1.82, 2.24) is 0 Å². The summed E-state index contributed by atoms with van der Waals surface area (Å²) in [7, 11) is 0. The van der Waals surface area contributed by atoms with Gasteiger partial charge in [0, 0.05) is 19.8 Å². The zero-order valence-corrected chi connectivity index (χ0v) is 10.5. The van der Waals surface area contributed by atoms with Gasteiger partial charge in [-0.3, -0.25) is 14.4 Å². The van der Waals surface area contributed by atoms with Gasteiger partial charge in [0.15, 0.2) is 5.78 Å². The lowest BCUT2D eigenvalue weighted by atomic mass is 9.70. The molecule has 0 aromatic heterocycles. The van der Waals surface area contributed by atoms with Crippen LogP contribution >= 0.6 is 0 Å². The Morgan fingerprint density at radius 2 is 2.32 bits per heavy atom. The summed E-state index contributed by atoms with van der Waals surface area (Å²) in [5.74, 6) is -0.982. The number of fused-ring (bicyclic) bond motifs is 3. The van der Waals surface area contributed by atoms with Crippen LogP contribution < -0.4 is 0 Å². The molecule has 0 amide bonds. The normalized spacial score (nSPS) is 39.7. The number of ether oxygens (including phenoxy) is 3. The molecule has 0 saturated carbocycles. The number of hydrogen-bond donors (Lipinski definition) is 0. The largest absolute Gasteiger partial charge is 0.465 e. The van der Waals surface area contributed by atoms with Crippen LogP contribution in [-0.4, -0.2) is 42.6 Å². The molecule has 3 rings (SSSR count). The first-order valence-electron chi connectivity index (χ1n) is 6.21. The number of ketones is 1. The van der Waals surface area contributed by atoms with Gasteiger partial charge in [-0.05, 0) is 12.2 Å². The fourth-order valence-electron chi connectivity index (χ4n) is 3.14. The first-order valence-corrected chi connectivity index (χ1v) is 6.21. The first-order chi connectivity index (χ1) is 8.99. The van der Waals surface area contributed by atoms with E-state index in [1.54, 1.807) is 6.08 Å². The van der Waals surface area contributed by atoms with Crippen molar-refractivity contribution in [3.63, 3.8) is 0 Å². The van der Waals surface area contributed by atoms with Crippen molar-refractivity contribution >= 4 is 17.7 Å². The van der Waals surface area contributed by atoms with E-state index in [2.05, 4.69) is 0 Å².